The van der Waals surface area contributed by atoms with Gasteiger partial charge in [0.15, 0.2) is 0 Å². The molecule has 2 amide bonds. The maximum absolute atomic E-state index is 13.5. The van der Waals surface area contributed by atoms with Gasteiger partial charge in [-0.05, 0) is 48.7 Å². The number of fused-ring (bicyclic) bond motifs is 3. The van der Waals surface area contributed by atoms with Gasteiger partial charge in [-0.2, -0.15) is 13.2 Å². The Balaban J connectivity index is 1.48. The highest BCUT2D eigenvalue weighted by molar-refractivity contribution is 9.10. The number of halogens is 4. The molecule has 8 nitrogen and oxygen atoms in total. The van der Waals surface area contributed by atoms with Gasteiger partial charge in [0.2, 0.25) is 11.8 Å². The van der Waals surface area contributed by atoms with E-state index < -0.39 is 17.8 Å². The SMILES string of the molecule is C[C@@H]1C[C@@H](C(=O)Nc2cccc(Br)c2)N(C(=O)Cn2c3ccc(C(F)(F)F)cc3c3c(N)ncnc32)C1. The van der Waals surface area contributed by atoms with Crippen LogP contribution in [0.2, 0.25) is 0 Å². The quantitative estimate of drug-likeness (QED) is 0.363. The lowest BCUT2D eigenvalue weighted by Crippen LogP contribution is -2.44. The predicted molar refractivity (Wildman–Crippen MR) is 137 cm³/mol. The van der Waals surface area contributed by atoms with Gasteiger partial charge in [0.1, 0.15) is 30.4 Å². The van der Waals surface area contributed by atoms with Crippen molar-refractivity contribution in [1.82, 2.24) is 19.4 Å². The van der Waals surface area contributed by atoms with E-state index in [9.17, 15) is 22.8 Å². The second-order valence-corrected chi connectivity index (χ2v) is 10.1. The van der Waals surface area contributed by atoms with Gasteiger partial charge in [0.05, 0.1) is 16.5 Å². The first-order chi connectivity index (χ1) is 17.5. The van der Waals surface area contributed by atoms with Crippen LogP contribution in [0.3, 0.4) is 0 Å². The number of carbonyl (C=O) groups is 2. The number of likely N-dealkylation sites (tertiary alicyclic amines) is 1. The topological polar surface area (TPSA) is 106 Å². The fraction of sp³-hybridized carbons (Fsp3) is 0.280. The number of hydrogen-bond donors (Lipinski definition) is 2. The largest absolute Gasteiger partial charge is 0.416 e. The fourth-order valence-electron chi connectivity index (χ4n) is 4.86. The van der Waals surface area contributed by atoms with E-state index in [1.165, 1.54) is 21.9 Å². The summed E-state index contributed by atoms with van der Waals surface area (Å²) in [4.78, 5) is 36.3. The van der Waals surface area contributed by atoms with Crippen LogP contribution in [0.5, 0.6) is 0 Å². The van der Waals surface area contributed by atoms with E-state index in [0.29, 0.717) is 24.2 Å². The zero-order valence-electron chi connectivity index (χ0n) is 19.6. The van der Waals surface area contributed by atoms with Crippen LogP contribution in [0, 0.1) is 5.92 Å². The van der Waals surface area contributed by atoms with Crippen molar-refractivity contribution < 1.29 is 22.8 Å². The molecule has 3 heterocycles. The standard InChI is InChI=1S/C25H22BrF3N6O2/c1-13-7-19(24(37)33-16-4-2-3-15(26)9-16)34(10-13)20(36)11-35-18-6-5-14(25(27,28)29)8-17(18)21-22(30)31-12-32-23(21)35/h2-6,8-9,12-13,19H,7,10-11H2,1H3,(H,33,37)(H2,30,31,32)/t13-,19+/m1/s1. The summed E-state index contributed by atoms with van der Waals surface area (Å²) in [6, 6.07) is 9.71. The van der Waals surface area contributed by atoms with Gasteiger partial charge >= 0.3 is 6.18 Å². The van der Waals surface area contributed by atoms with Gasteiger partial charge in [-0.3, -0.25) is 9.59 Å². The van der Waals surface area contributed by atoms with E-state index in [-0.39, 0.29) is 46.5 Å². The number of anilines is 2. The molecule has 37 heavy (non-hydrogen) atoms. The number of nitrogens with one attached hydrogen (secondary N) is 1. The van der Waals surface area contributed by atoms with E-state index in [0.717, 1.165) is 16.6 Å². The lowest BCUT2D eigenvalue weighted by molar-refractivity contribution is -0.137. The van der Waals surface area contributed by atoms with Gasteiger partial charge < -0.3 is 20.5 Å². The van der Waals surface area contributed by atoms with Crippen LogP contribution in [0.25, 0.3) is 21.9 Å². The minimum absolute atomic E-state index is 0.0154. The molecule has 2 aromatic heterocycles. The summed E-state index contributed by atoms with van der Waals surface area (Å²) in [5.41, 5.74) is 6.39. The van der Waals surface area contributed by atoms with Crippen LogP contribution in [-0.2, 0) is 22.3 Å². The minimum Gasteiger partial charge on any atom is -0.383 e. The van der Waals surface area contributed by atoms with Crippen LogP contribution in [0.4, 0.5) is 24.7 Å². The summed E-state index contributed by atoms with van der Waals surface area (Å²) in [7, 11) is 0. The fourth-order valence-corrected chi connectivity index (χ4v) is 5.26. The summed E-state index contributed by atoms with van der Waals surface area (Å²) >= 11 is 3.37. The van der Waals surface area contributed by atoms with E-state index in [2.05, 4.69) is 31.2 Å². The molecular weight excluding hydrogens is 553 g/mol. The molecule has 0 radical (unpaired) electrons. The Morgan fingerprint density at radius 1 is 1.19 bits per heavy atom. The number of hydrogen-bond acceptors (Lipinski definition) is 5. The second kappa shape index (κ2) is 9.33. The number of benzene rings is 2. The van der Waals surface area contributed by atoms with Gasteiger partial charge in [0.25, 0.3) is 0 Å². The van der Waals surface area contributed by atoms with E-state index in [4.69, 9.17) is 5.73 Å². The molecule has 1 saturated heterocycles. The van der Waals surface area contributed by atoms with Crippen LogP contribution in [-0.4, -0.2) is 43.8 Å². The summed E-state index contributed by atoms with van der Waals surface area (Å²) in [6.07, 6.45) is -2.86. The summed E-state index contributed by atoms with van der Waals surface area (Å²) in [5, 5.41) is 3.31. The molecule has 4 aromatic rings. The van der Waals surface area contributed by atoms with Crippen molar-refractivity contribution in [1.29, 1.82) is 0 Å². The highest BCUT2D eigenvalue weighted by atomic mass is 79.9. The van der Waals surface area contributed by atoms with Crippen molar-refractivity contribution in [2.45, 2.75) is 32.1 Å². The number of amides is 2. The molecule has 1 aliphatic rings. The third kappa shape index (κ3) is 4.73. The van der Waals surface area contributed by atoms with Crippen molar-refractivity contribution in [3.8, 4) is 0 Å². The maximum atomic E-state index is 13.5. The third-order valence-electron chi connectivity index (χ3n) is 6.52. The van der Waals surface area contributed by atoms with E-state index in [1.807, 2.05) is 13.0 Å². The van der Waals surface area contributed by atoms with E-state index >= 15 is 0 Å². The Kier molecular flexibility index (Phi) is 6.30. The Bertz CT molecular complexity index is 1540. The molecule has 5 rings (SSSR count). The average molecular weight is 575 g/mol. The maximum Gasteiger partial charge on any atom is 0.416 e. The molecule has 2 atom stereocenters. The van der Waals surface area contributed by atoms with Crippen molar-refractivity contribution in [3.05, 3.63) is 58.8 Å². The number of nitrogens with two attached hydrogens (primary N) is 1. The molecule has 1 fully saturated rings. The van der Waals surface area contributed by atoms with Gasteiger partial charge in [0, 0.05) is 22.1 Å². The molecular formula is C25H22BrF3N6O2. The molecule has 192 valence electrons. The lowest BCUT2D eigenvalue weighted by atomic mass is 10.1. The number of aromatic nitrogens is 3. The normalized spacial score (nSPS) is 18.0. The van der Waals surface area contributed by atoms with Crippen molar-refractivity contribution in [3.63, 3.8) is 0 Å². The predicted octanol–water partition coefficient (Wildman–Crippen LogP) is 4.82. The number of rotatable bonds is 4. The van der Waals surface area contributed by atoms with Crippen LogP contribution in [0.15, 0.2) is 53.3 Å². The number of nitrogens with zero attached hydrogens (tertiary/aromatic N) is 4. The number of alkyl halides is 3. The van der Waals surface area contributed by atoms with Crippen LogP contribution >= 0.6 is 15.9 Å². The molecule has 0 bridgehead atoms. The molecule has 2 aromatic carbocycles. The molecule has 3 N–H and O–H groups in total. The summed E-state index contributed by atoms with van der Waals surface area (Å²) in [5.74, 6) is -0.552. The third-order valence-corrected chi connectivity index (χ3v) is 7.01. The van der Waals surface area contributed by atoms with Gasteiger partial charge in [-0.25, -0.2) is 9.97 Å². The van der Waals surface area contributed by atoms with Crippen LogP contribution < -0.4 is 11.1 Å². The van der Waals surface area contributed by atoms with Gasteiger partial charge in [-0.15, -0.1) is 0 Å². The average Bonchev–Trinajstić information content (AvgIpc) is 3.37. The first-order valence-electron chi connectivity index (χ1n) is 11.5. The number of carbonyl (C=O) groups excluding carboxylic acids is 2. The smallest absolute Gasteiger partial charge is 0.383 e. The summed E-state index contributed by atoms with van der Waals surface area (Å²) in [6.45, 7) is 2.11. The Hall–Kier alpha value is -3.67. The van der Waals surface area contributed by atoms with Gasteiger partial charge in [-0.1, -0.05) is 28.9 Å². The minimum atomic E-state index is -4.55. The van der Waals surface area contributed by atoms with Crippen molar-refractivity contribution in [2.75, 3.05) is 17.6 Å². The molecule has 1 aliphatic heterocycles. The summed E-state index contributed by atoms with van der Waals surface area (Å²) < 4.78 is 42.5. The monoisotopic (exact) mass is 574 g/mol. The van der Waals surface area contributed by atoms with E-state index in [1.54, 1.807) is 18.2 Å². The highest BCUT2D eigenvalue weighted by Gasteiger charge is 2.38. The molecule has 0 aliphatic carbocycles. The molecule has 0 saturated carbocycles. The first-order valence-corrected chi connectivity index (χ1v) is 12.3. The Labute approximate surface area is 217 Å². The second-order valence-electron chi connectivity index (χ2n) is 9.18. The van der Waals surface area contributed by atoms with Crippen molar-refractivity contribution >= 4 is 61.2 Å². The zero-order valence-corrected chi connectivity index (χ0v) is 21.2. The Morgan fingerprint density at radius 3 is 2.70 bits per heavy atom. The highest BCUT2D eigenvalue weighted by Crippen LogP contribution is 2.37. The lowest BCUT2D eigenvalue weighted by Gasteiger charge is -2.24. The number of nitrogen functional groups attached to an aromatic ring is 1. The Morgan fingerprint density at radius 2 is 1.97 bits per heavy atom. The first kappa shape index (κ1) is 25.0. The van der Waals surface area contributed by atoms with Crippen molar-refractivity contribution in [2.24, 2.45) is 5.92 Å². The molecule has 12 heteroatoms. The zero-order chi connectivity index (χ0) is 26.5. The van der Waals surface area contributed by atoms with Crippen LogP contribution in [0.1, 0.15) is 18.9 Å². The molecule has 0 unspecified atom stereocenters. The molecule has 0 spiro atoms.